The Bertz CT molecular complexity index is 992. The lowest BCUT2D eigenvalue weighted by molar-refractivity contribution is -0.138. The van der Waals surface area contributed by atoms with E-state index >= 15 is 0 Å². The second-order valence-corrected chi connectivity index (χ2v) is 8.30. The van der Waals surface area contributed by atoms with Gasteiger partial charge in [0.15, 0.2) is 0 Å². The maximum absolute atomic E-state index is 13.4. The Morgan fingerprint density at radius 2 is 1.63 bits per heavy atom. The maximum Gasteiger partial charge on any atom is 0.278 e. The van der Waals surface area contributed by atoms with Crippen molar-refractivity contribution >= 4 is 29.0 Å². The average Bonchev–Trinajstić information content (AvgIpc) is 3.32. The molecule has 2 amide bonds. The molecule has 0 aliphatic carbocycles. The summed E-state index contributed by atoms with van der Waals surface area (Å²) in [7, 11) is 0. The van der Waals surface area contributed by atoms with Gasteiger partial charge in [-0.2, -0.15) is 0 Å². The van der Waals surface area contributed by atoms with Crippen LogP contribution < -0.4 is 4.74 Å². The quantitative estimate of drug-likeness (QED) is 0.640. The number of ether oxygens (including phenoxy) is 1. The highest BCUT2D eigenvalue weighted by molar-refractivity contribution is 6.35. The lowest BCUT2D eigenvalue weighted by atomic mass is 10.0. The molecular weight excluding hydrogens is 400 g/mol. The zero-order valence-corrected chi connectivity index (χ0v) is 18.0. The monoisotopic (exact) mass is 424 g/mol. The smallest absolute Gasteiger partial charge is 0.278 e. The molecule has 0 bridgehead atoms. The van der Waals surface area contributed by atoms with E-state index in [1.54, 1.807) is 6.07 Å². The summed E-state index contributed by atoms with van der Waals surface area (Å²) >= 11 is 6.29. The van der Waals surface area contributed by atoms with Crippen molar-refractivity contribution in [3.8, 4) is 5.75 Å². The van der Waals surface area contributed by atoms with Crippen molar-refractivity contribution < 1.29 is 14.3 Å². The lowest BCUT2D eigenvalue weighted by Gasteiger charge is -2.20. The predicted molar refractivity (Wildman–Crippen MR) is 117 cm³/mol. The first-order valence-electron chi connectivity index (χ1n) is 10.3. The molecule has 156 valence electrons. The number of nitrogens with zero attached hydrogens (tertiary/aromatic N) is 2. The van der Waals surface area contributed by atoms with Gasteiger partial charge >= 0.3 is 0 Å². The molecule has 30 heavy (non-hydrogen) atoms. The Hall–Kier alpha value is -2.79. The number of amides is 2. The van der Waals surface area contributed by atoms with Gasteiger partial charge < -0.3 is 9.64 Å². The van der Waals surface area contributed by atoms with Crippen molar-refractivity contribution in [3.05, 3.63) is 70.4 Å². The van der Waals surface area contributed by atoms with Crippen LogP contribution in [0.5, 0.6) is 5.75 Å². The van der Waals surface area contributed by atoms with Crippen molar-refractivity contribution in [2.45, 2.75) is 39.3 Å². The van der Waals surface area contributed by atoms with Crippen LogP contribution in [0.1, 0.15) is 37.8 Å². The van der Waals surface area contributed by atoms with Crippen molar-refractivity contribution in [3.63, 3.8) is 0 Å². The summed E-state index contributed by atoms with van der Waals surface area (Å²) in [5.74, 6) is 0.209. The highest BCUT2D eigenvalue weighted by atomic mass is 35.5. The van der Waals surface area contributed by atoms with Crippen LogP contribution in [0.25, 0.3) is 5.57 Å². The van der Waals surface area contributed by atoms with E-state index in [0.717, 1.165) is 42.8 Å². The Balaban J connectivity index is 1.70. The van der Waals surface area contributed by atoms with Gasteiger partial charge in [0.2, 0.25) is 0 Å². The molecule has 0 atom stereocenters. The fourth-order valence-corrected chi connectivity index (χ4v) is 4.17. The fourth-order valence-electron chi connectivity index (χ4n) is 3.97. The SMILES string of the molecule is CC(C)Oc1ccc(C2=C(N3CCCC3)C(=O)N(Cc3ccccc3Cl)C2=O)cc1. The largest absolute Gasteiger partial charge is 0.491 e. The third kappa shape index (κ3) is 3.94. The minimum absolute atomic E-state index is 0.0658. The van der Waals surface area contributed by atoms with Gasteiger partial charge in [-0.3, -0.25) is 14.5 Å². The molecule has 0 radical (unpaired) electrons. The van der Waals surface area contributed by atoms with E-state index in [4.69, 9.17) is 16.3 Å². The van der Waals surface area contributed by atoms with E-state index in [9.17, 15) is 9.59 Å². The second kappa shape index (κ2) is 8.52. The van der Waals surface area contributed by atoms with E-state index in [2.05, 4.69) is 0 Å². The molecule has 1 fully saturated rings. The summed E-state index contributed by atoms with van der Waals surface area (Å²) in [5.41, 5.74) is 2.45. The molecule has 1 saturated heterocycles. The van der Waals surface area contributed by atoms with Crippen LogP contribution in [-0.4, -0.2) is 40.8 Å². The number of benzene rings is 2. The van der Waals surface area contributed by atoms with Gasteiger partial charge in [-0.05, 0) is 56.0 Å². The van der Waals surface area contributed by atoms with E-state index in [0.29, 0.717) is 16.3 Å². The minimum Gasteiger partial charge on any atom is -0.491 e. The van der Waals surface area contributed by atoms with E-state index in [1.165, 1.54) is 4.90 Å². The highest BCUT2D eigenvalue weighted by Crippen LogP contribution is 2.35. The van der Waals surface area contributed by atoms with Gasteiger partial charge in [-0.15, -0.1) is 0 Å². The third-order valence-electron chi connectivity index (χ3n) is 5.37. The number of carbonyl (C=O) groups excluding carboxylic acids is 2. The molecule has 0 unspecified atom stereocenters. The topological polar surface area (TPSA) is 49.9 Å². The first kappa shape index (κ1) is 20.5. The summed E-state index contributed by atoms with van der Waals surface area (Å²) in [6, 6.07) is 14.7. The summed E-state index contributed by atoms with van der Waals surface area (Å²) in [4.78, 5) is 30.1. The van der Waals surface area contributed by atoms with Gasteiger partial charge in [0, 0.05) is 18.1 Å². The Morgan fingerprint density at radius 3 is 2.27 bits per heavy atom. The number of carbonyl (C=O) groups is 2. The van der Waals surface area contributed by atoms with Crippen LogP contribution in [0, 0.1) is 0 Å². The van der Waals surface area contributed by atoms with E-state index < -0.39 is 0 Å². The molecule has 0 saturated carbocycles. The van der Waals surface area contributed by atoms with Gasteiger partial charge in [0.05, 0.1) is 18.2 Å². The number of rotatable bonds is 6. The third-order valence-corrected chi connectivity index (χ3v) is 5.74. The molecule has 5 nitrogen and oxygen atoms in total. The molecule has 0 aromatic heterocycles. The maximum atomic E-state index is 13.4. The molecule has 2 aromatic carbocycles. The van der Waals surface area contributed by atoms with Crippen LogP contribution in [0.4, 0.5) is 0 Å². The zero-order valence-electron chi connectivity index (χ0n) is 17.2. The van der Waals surface area contributed by atoms with Crippen molar-refractivity contribution in [1.29, 1.82) is 0 Å². The minimum atomic E-state index is -0.278. The normalized spacial score (nSPS) is 16.9. The highest BCUT2D eigenvalue weighted by Gasteiger charge is 2.42. The van der Waals surface area contributed by atoms with Crippen molar-refractivity contribution in [2.24, 2.45) is 0 Å². The van der Waals surface area contributed by atoms with E-state index in [-0.39, 0.29) is 24.5 Å². The van der Waals surface area contributed by atoms with Gasteiger partial charge in [-0.25, -0.2) is 0 Å². The molecule has 2 aliphatic rings. The van der Waals surface area contributed by atoms with Crippen LogP contribution in [0.2, 0.25) is 5.02 Å². The van der Waals surface area contributed by atoms with Crippen LogP contribution >= 0.6 is 11.6 Å². The van der Waals surface area contributed by atoms with Gasteiger partial charge in [0.1, 0.15) is 11.4 Å². The van der Waals surface area contributed by atoms with Gasteiger partial charge in [-0.1, -0.05) is 41.9 Å². The van der Waals surface area contributed by atoms with Crippen LogP contribution in [0.3, 0.4) is 0 Å². The summed E-state index contributed by atoms with van der Waals surface area (Å²) in [6.45, 7) is 5.66. The number of likely N-dealkylation sites (tertiary alicyclic amines) is 1. The Kier molecular flexibility index (Phi) is 5.82. The number of halogens is 1. The molecule has 6 heteroatoms. The fraction of sp³-hybridized carbons (Fsp3) is 0.333. The Labute approximate surface area is 181 Å². The summed E-state index contributed by atoms with van der Waals surface area (Å²) in [5, 5.41) is 0.546. The van der Waals surface area contributed by atoms with E-state index in [1.807, 2.05) is 61.2 Å². The molecule has 2 heterocycles. The number of hydrogen-bond donors (Lipinski definition) is 0. The zero-order chi connectivity index (χ0) is 21.3. The standard InChI is InChI=1S/C24H25ClN2O3/c1-16(2)30-19-11-9-17(10-12-19)21-22(26-13-5-6-14-26)24(29)27(23(21)28)15-18-7-3-4-8-20(18)25/h3-4,7-12,16H,5-6,13-15H2,1-2H3. The first-order valence-corrected chi connectivity index (χ1v) is 10.7. The molecule has 0 spiro atoms. The molecule has 4 rings (SSSR count). The predicted octanol–water partition coefficient (Wildman–Crippen LogP) is 4.50. The van der Waals surface area contributed by atoms with Crippen LogP contribution in [-0.2, 0) is 16.1 Å². The molecule has 2 aliphatic heterocycles. The van der Waals surface area contributed by atoms with Crippen molar-refractivity contribution in [1.82, 2.24) is 9.80 Å². The van der Waals surface area contributed by atoms with Crippen LogP contribution in [0.15, 0.2) is 54.2 Å². The molecule has 2 aromatic rings. The average molecular weight is 425 g/mol. The van der Waals surface area contributed by atoms with Gasteiger partial charge in [0.25, 0.3) is 11.8 Å². The number of hydrogen-bond acceptors (Lipinski definition) is 4. The molecule has 0 N–H and O–H groups in total. The lowest BCUT2D eigenvalue weighted by Crippen LogP contribution is -2.34. The Morgan fingerprint density at radius 1 is 0.967 bits per heavy atom. The number of imide groups is 1. The molecular formula is C24H25ClN2O3. The summed E-state index contributed by atoms with van der Waals surface area (Å²) < 4.78 is 5.72. The van der Waals surface area contributed by atoms with Crippen molar-refractivity contribution in [2.75, 3.05) is 13.1 Å². The second-order valence-electron chi connectivity index (χ2n) is 7.90. The summed E-state index contributed by atoms with van der Waals surface area (Å²) in [6.07, 6.45) is 2.10. The first-order chi connectivity index (χ1) is 14.5.